The molecule has 0 atom stereocenters. The van der Waals surface area contributed by atoms with E-state index in [0.29, 0.717) is 29.6 Å². The lowest BCUT2D eigenvalue weighted by molar-refractivity contribution is 0.461. The number of benzene rings is 1. The summed E-state index contributed by atoms with van der Waals surface area (Å²) >= 11 is 0. The first kappa shape index (κ1) is 17.9. The Morgan fingerprint density at radius 3 is 2.54 bits per heavy atom. The van der Waals surface area contributed by atoms with Crippen molar-refractivity contribution in [1.29, 1.82) is 0 Å². The summed E-state index contributed by atoms with van der Waals surface area (Å²) in [6, 6.07) is 12.2. The molecule has 0 saturated heterocycles. The molecule has 3 rings (SSSR count). The van der Waals surface area contributed by atoms with Gasteiger partial charge in [0.25, 0.3) is 0 Å². The molecule has 0 radical (unpaired) electrons. The first-order valence-electron chi connectivity index (χ1n) is 8.29. The van der Waals surface area contributed by atoms with Crippen LogP contribution in [-0.2, 0) is 10.0 Å². The number of sulfonamides is 1. The quantitative estimate of drug-likeness (QED) is 0.653. The van der Waals surface area contributed by atoms with Gasteiger partial charge in [0, 0.05) is 24.1 Å². The molecule has 0 aliphatic carbocycles. The summed E-state index contributed by atoms with van der Waals surface area (Å²) < 4.78 is 34.0. The lowest BCUT2D eigenvalue weighted by atomic mass is 10.3. The Morgan fingerprint density at radius 2 is 1.85 bits per heavy atom. The van der Waals surface area contributed by atoms with Crippen molar-refractivity contribution in [3.8, 4) is 17.4 Å². The SMILES string of the molecule is CCCCS(=O)(=O)Nc1ccc(Oc2cc(-n3cccc3)ncn2)cc1. The summed E-state index contributed by atoms with van der Waals surface area (Å²) in [5.74, 6) is 1.77. The van der Waals surface area contributed by atoms with E-state index >= 15 is 0 Å². The van der Waals surface area contributed by atoms with Gasteiger partial charge in [0.1, 0.15) is 17.9 Å². The van der Waals surface area contributed by atoms with Gasteiger partial charge >= 0.3 is 0 Å². The average molecular weight is 372 g/mol. The van der Waals surface area contributed by atoms with E-state index in [0.717, 1.165) is 6.42 Å². The lowest BCUT2D eigenvalue weighted by Crippen LogP contribution is -2.16. The van der Waals surface area contributed by atoms with Gasteiger partial charge in [0.15, 0.2) is 0 Å². The molecule has 0 fully saturated rings. The van der Waals surface area contributed by atoms with Crippen molar-refractivity contribution >= 4 is 15.7 Å². The largest absolute Gasteiger partial charge is 0.439 e. The molecule has 0 aliphatic rings. The monoisotopic (exact) mass is 372 g/mol. The molecule has 1 N–H and O–H groups in total. The van der Waals surface area contributed by atoms with Crippen LogP contribution in [0.3, 0.4) is 0 Å². The molecular weight excluding hydrogens is 352 g/mol. The maximum absolute atomic E-state index is 11.9. The standard InChI is InChI=1S/C18H20N4O3S/c1-2-3-12-26(23,24)21-15-6-8-16(9-7-15)25-18-13-17(19-14-20-18)22-10-4-5-11-22/h4-11,13-14,21H,2-3,12H2,1H3. The van der Waals surface area contributed by atoms with Crippen molar-refractivity contribution < 1.29 is 13.2 Å². The van der Waals surface area contributed by atoms with Gasteiger partial charge < -0.3 is 9.30 Å². The summed E-state index contributed by atoms with van der Waals surface area (Å²) in [7, 11) is -3.31. The normalized spacial score (nSPS) is 11.3. The second-order valence-electron chi connectivity index (χ2n) is 5.71. The minimum Gasteiger partial charge on any atom is -0.439 e. The zero-order valence-corrected chi connectivity index (χ0v) is 15.2. The fourth-order valence-corrected chi connectivity index (χ4v) is 3.56. The highest BCUT2D eigenvalue weighted by atomic mass is 32.2. The Morgan fingerprint density at radius 1 is 1.12 bits per heavy atom. The van der Waals surface area contributed by atoms with Crippen molar-refractivity contribution in [3.05, 3.63) is 61.2 Å². The van der Waals surface area contributed by atoms with E-state index in [9.17, 15) is 8.42 Å². The molecule has 0 unspecified atom stereocenters. The number of hydrogen-bond acceptors (Lipinski definition) is 5. The summed E-state index contributed by atoms with van der Waals surface area (Å²) in [6.07, 6.45) is 6.66. The minimum absolute atomic E-state index is 0.116. The molecule has 7 nitrogen and oxygen atoms in total. The third kappa shape index (κ3) is 4.82. The highest BCUT2D eigenvalue weighted by Crippen LogP contribution is 2.23. The number of aromatic nitrogens is 3. The number of ether oxygens (including phenoxy) is 1. The van der Waals surface area contributed by atoms with E-state index in [1.165, 1.54) is 6.33 Å². The molecule has 0 aliphatic heterocycles. The number of rotatable bonds is 8. The Labute approximate surface area is 152 Å². The summed E-state index contributed by atoms with van der Waals surface area (Å²) in [4.78, 5) is 8.30. The summed E-state index contributed by atoms with van der Waals surface area (Å²) in [5.41, 5.74) is 0.504. The highest BCUT2D eigenvalue weighted by Gasteiger charge is 2.10. The predicted octanol–water partition coefficient (Wildman–Crippen LogP) is 3.60. The topological polar surface area (TPSA) is 86.1 Å². The van der Waals surface area contributed by atoms with Gasteiger partial charge in [-0.15, -0.1) is 0 Å². The molecule has 0 spiro atoms. The van der Waals surface area contributed by atoms with Gasteiger partial charge in [-0.1, -0.05) is 13.3 Å². The van der Waals surface area contributed by atoms with Crippen LogP contribution in [0.4, 0.5) is 5.69 Å². The molecule has 8 heteroatoms. The summed E-state index contributed by atoms with van der Waals surface area (Å²) in [5, 5.41) is 0. The van der Waals surface area contributed by atoms with Gasteiger partial charge in [0.05, 0.1) is 5.75 Å². The lowest BCUT2D eigenvalue weighted by Gasteiger charge is -2.09. The van der Waals surface area contributed by atoms with Crippen LogP contribution in [0.15, 0.2) is 61.2 Å². The van der Waals surface area contributed by atoms with E-state index in [2.05, 4.69) is 14.7 Å². The van der Waals surface area contributed by atoms with E-state index in [1.54, 1.807) is 30.3 Å². The van der Waals surface area contributed by atoms with Crippen molar-refractivity contribution in [2.45, 2.75) is 19.8 Å². The van der Waals surface area contributed by atoms with Crippen LogP contribution < -0.4 is 9.46 Å². The molecule has 0 amide bonds. The molecule has 0 saturated carbocycles. The number of hydrogen-bond donors (Lipinski definition) is 1. The van der Waals surface area contributed by atoms with Crippen molar-refractivity contribution in [2.24, 2.45) is 0 Å². The fourth-order valence-electron chi connectivity index (χ4n) is 2.29. The Kier molecular flexibility index (Phi) is 5.52. The zero-order valence-electron chi connectivity index (χ0n) is 14.4. The van der Waals surface area contributed by atoms with Crippen LogP contribution in [0.25, 0.3) is 5.82 Å². The number of nitrogens with zero attached hydrogens (tertiary/aromatic N) is 3. The fraction of sp³-hybridized carbons (Fsp3) is 0.222. The number of nitrogens with one attached hydrogen (secondary N) is 1. The van der Waals surface area contributed by atoms with Gasteiger partial charge in [-0.05, 0) is 42.8 Å². The molecule has 0 bridgehead atoms. The van der Waals surface area contributed by atoms with Gasteiger partial charge in [-0.3, -0.25) is 4.72 Å². The Bertz CT molecular complexity index is 939. The van der Waals surface area contributed by atoms with Gasteiger partial charge in [-0.2, -0.15) is 0 Å². The predicted molar refractivity (Wildman–Crippen MR) is 100 cm³/mol. The third-order valence-corrected chi connectivity index (χ3v) is 4.99. The molecule has 3 aromatic rings. The second-order valence-corrected chi connectivity index (χ2v) is 7.55. The minimum atomic E-state index is -3.31. The van der Waals surface area contributed by atoms with Crippen molar-refractivity contribution in [1.82, 2.24) is 14.5 Å². The molecular formula is C18H20N4O3S. The average Bonchev–Trinajstić information content (AvgIpc) is 3.17. The van der Waals surface area contributed by atoms with E-state index in [1.807, 2.05) is 36.0 Å². The molecule has 26 heavy (non-hydrogen) atoms. The molecule has 136 valence electrons. The van der Waals surface area contributed by atoms with Crippen LogP contribution in [0.2, 0.25) is 0 Å². The Hall–Kier alpha value is -2.87. The van der Waals surface area contributed by atoms with Crippen molar-refractivity contribution in [2.75, 3.05) is 10.5 Å². The van der Waals surface area contributed by atoms with Gasteiger partial charge in [0.2, 0.25) is 15.9 Å². The van der Waals surface area contributed by atoms with Gasteiger partial charge in [-0.25, -0.2) is 18.4 Å². The van der Waals surface area contributed by atoms with E-state index in [4.69, 9.17) is 4.74 Å². The van der Waals surface area contributed by atoms with Crippen molar-refractivity contribution in [3.63, 3.8) is 0 Å². The number of anilines is 1. The number of unbranched alkanes of at least 4 members (excludes halogenated alkanes) is 1. The molecule has 2 aromatic heterocycles. The first-order chi connectivity index (χ1) is 12.6. The van der Waals surface area contributed by atoms with Crippen LogP contribution >= 0.6 is 0 Å². The maximum atomic E-state index is 11.9. The van der Waals surface area contributed by atoms with Crippen LogP contribution in [0.5, 0.6) is 11.6 Å². The molecule has 2 heterocycles. The molecule has 1 aromatic carbocycles. The van der Waals surface area contributed by atoms with E-state index < -0.39 is 10.0 Å². The highest BCUT2D eigenvalue weighted by molar-refractivity contribution is 7.92. The summed E-state index contributed by atoms with van der Waals surface area (Å²) in [6.45, 7) is 1.95. The Balaban J connectivity index is 1.67. The first-order valence-corrected chi connectivity index (χ1v) is 9.95. The second kappa shape index (κ2) is 8.01. The van der Waals surface area contributed by atoms with Crippen LogP contribution in [0.1, 0.15) is 19.8 Å². The zero-order chi connectivity index (χ0) is 18.4. The van der Waals surface area contributed by atoms with Crippen LogP contribution in [-0.4, -0.2) is 28.7 Å². The smallest absolute Gasteiger partial charge is 0.232 e. The van der Waals surface area contributed by atoms with E-state index in [-0.39, 0.29) is 5.75 Å². The third-order valence-electron chi connectivity index (χ3n) is 3.61. The van der Waals surface area contributed by atoms with Crippen LogP contribution in [0, 0.1) is 0 Å². The maximum Gasteiger partial charge on any atom is 0.232 e.